The summed E-state index contributed by atoms with van der Waals surface area (Å²) in [4.78, 5) is 12.9. The third-order valence-corrected chi connectivity index (χ3v) is 5.65. The van der Waals surface area contributed by atoms with Crippen LogP contribution in [0.2, 0.25) is 0 Å². The summed E-state index contributed by atoms with van der Waals surface area (Å²) >= 11 is 0. The fourth-order valence-corrected chi connectivity index (χ4v) is 4.38. The van der Waals surface area contributed by atoms with E-state index in [1.165, 1.54) is 4.31 Å². The lowest BCUT2D eigenvalue weighted by atomic mass is 10.1. The molecule has 146 valence electrons. The van der Waals surface area contributed by atoms with E-state index in [2.05, 4.69) is 5.32 Å². The Bertz CT molecular complexity index is 923. The van der Waals surface area contributed by atoms with E-state index in [1.807, 2.05) is 70.2 Å². The van der Waals surface area contributed by atoms with Crippen molar-refractivity contribution in [1.82, 2.24) is 5.32 Å². The lowest BCUT2D eigenvalue weighted by Crippen LogP contribution is -2.49. The van der Waals surface area contributed by atoms with Gasteiger partial charge in [-0.25, -0.2) is 8.42 Å². The first-order valence-electron chi connectivity index (χ1n) is 9.03. The number of hydrogen-bond donors (Lipinski definition) is 1. The molecule has 5 nitrogen and oxygen atoms in total. The van der Waals surface area contributed by atoms with Crippen molar-refractivity contribution < 1.29 is 13.2 Å². The van der Waals surface area contributed by atoms with Crippen molar-refractivity contribution in [2.75, 3.05) is 10.6 Å². The van der Waals surface area contributed by atoms with Crippen molar-refractivity contribution >= 4 is 21.6 Å². The molecule has 0 aliphatic heterocycles. The molecule has 0 saturated carbocycles. The van der Waals surface area contributed by atoms with Crippen molar-refractivity contribution in [2.45, 2.75) is 46.7 Å². The monoisotopic (exact) mass is 388 g/mol. The molecule has 0 aliphatic rings. The van der Waals surface area contributed by atoms with E-state index in [-0.39, 0.29) is 5.91 Å². The highest BCUT2D eigenvalue weighted by Crippen LogP contribution is 2.27. The highest BCUT2D eigenvalue weighted by atomic mass is 32.2. The zero-order valence-corrected chi connectivity index (χ0v) is 17.4. The Labute approximate surface area is 162 Å². The van der Waals surface area contributed by atoms with Gasteiger partial charge in [0.05, 0.1) is 11.9 Å². The minimum absolute atomic E-state index is 0.301. The van der Waals surface area contributed by atoms with Crippen LogP contribution in [-0.4, -0.2) is 26.6 Å². The highest BCUT2D eigenvalue weighted by molar-refractivity contribution is 7.92. The molecule has 1 N–H and O–H groups in total. The van der Waals surface area contributed by atoms with Gasteiger partial charge in [0.25, 0.3) is 0 Å². The summed E-state index contributed by atoms with van der Waals surface area (Å²) in [5.41, 5.74) is 4.41. The molecular formula is C21H28N2O3S. The third kappa shape index (κ3) is 5.32. The predicted octanol–water partition coefficient (Wildman–Crippen LogP) is 3.47. The second-order valence-corrected chi connectivity index (χ2v) is 8.84. The van der Waals surface area contributed by atoms with Gasteiger partial charge in [0.2, 0.25) is 15.9 Å². The Morgan fingerprint density at radius 1 is 1.07 bits per heavy atom. The van der Waals surface area contributed by atoms with Crippen LogP contribution in [0.4, 0.5) is 5.69 Å². The highest BCUT2D eigenvalue weighted by Gasteiger charge is 2.32. The minimum atomic E-state index is -3.63. The smallest absolute Gasteiger partial charge is 0.244 e. The molecule has 6 heteroatoms. The SMILES string of the molecule is CC[C@H](C(=O)NCc1cccc(C)c1)N(c1cc(C)ccc1C)S(C)(=O)=O. The van der Waals surface area contributed by atoms with Crippen LogP contribution in [0.15, 0.2) is 42.5 Å². The molecule has 0 saturated heterocycles. The van der Waals surface area contributed by atoms with Gasteiger partial charge in [-0.05, 0) is 49.9 Å². The average Bonchev–Trinajstić information content (AvgIpc) is 2.59. The van der Waals surface area contributed by atoms with E-state index < -0.39 is 16.1 Å². The van der Waals surface area contributed by atoms with E-state index >= 15 is 0 Å². The van der Waals surface area contributed by atoms with Crippen LogP contribution >= 0.6 is 0 Å². The number of nitrogens with zero attached hydrogens (tertiary/aromatic N) is 1. The summed E-state index contributed by atoms with van der Waals surface area (Å²) in [7, 11) is -3.63. The maximum atomic E-state index is 12.9. The first-order chi connectivity index (χ1) is 12.6. The zero-order chi connectivity index (χ0) is 20.2. The number of sulfonamides is 1. The van der Waals surface area contributed by atoms with Gasteiger partial charge in [-0.3, -0.25) is 9.10 Å². The Morgan fingerprint density at radius 2 is 1.74 bits per heavy atom. The molecule has 2 aromatic rings. The van der Waals surface area contributed by atoms with Crippen LogP contribution in [-0.2, 0) is 21.4 Å². The second kappa shape index (κ2) is 8.57. The molecule has 0 bridgehead atoms. The first kappa shape index (κ1) is 21.0. The van der Waals surface area contributed by atoms with Crippen LogP contribution in [0.1, 0.15) is 35.6 Å². The molecule has 1 atom stereocenters. The number of nitrogens with one attached hydrogen (secondary N) is 1. The fraction of sp³-hybridized carbons (Fsp3) is 0.381. The molecule has 0 fully saturated rings. The molecule has 0 aliphatic carbocycles. The summed E-state index contributed by atoms with van der Waals surface area (Å²) in [6.45, 7) is 7.93. The molecule has 0 aromatic heterocycles. The van der Waals surface area contributed by atoms with E-state index in [0.717, 1.165) is 28.5 Å². The van der Waals surface area contributed by atoms with Gasteiger partial charge in [-0.2, -0.15) is 0 Å². The summed E-state index contributed by atoms with van der Waals surface area (Å²) in [5, 5.41) is 2.89. The molecule has 0 heterocycles. The maximum absolute atomic E-state index is 12.9. The summed E-state index contributed by atoms with van der Waals surface area (Å²) < 4.78 is 26.4. The average molecular weight is 389 g/mol. The molecule has 1 amide bonds. The number of aryl methyl sites for hydroxylation is 3. The van der Waals surface area contributed by atoms with Crippen LogP contribution in [0.3, 0.4) is 0 Å². The van der Waals surface area contributed by atoms with Gasteiger partial charge >= 0.3 is 0 Å². The minimum Gasteiger partial charge on any atom is -0.350 e. The van der Waals surface area contributed by atoms with Gasteiger partial charge in [0.1, 0.15) is 6.04 Å². The Hall–Kier alpha value is -2.34. The normalized spacial score (nSPS) is 12.5. The van der Waals surface area contributed by atoms with Crippen molar-refractivity contribution in [2.24, 2.45) is 0 Å². The van der Waals surface area contributed by atoms with Crippen LogP contribution in [0, 0.1) is 20.8 Å². The van der Waals surface area contributed by atoms with Gasteiger partial charge in [-0.1, -0.05) is 48.9 Å². The molecule has 2 rings (SSSR count). The number of amides is 1. The fourth-order valence-electron chi connectivity index (χ4n) is 3.12. The zero-order valence-electron chi connectivity index (χ0n) is 16.6. The number of benzene rings is 2. The topological polar surface area (TPSA) is 66.5 Å². The van der Waals surface area contributed by atoms with E-state index in [9.17, 15) is 13.2 Å². The maximum Gasteiger partial charge on any atom is 0.244 e. The number of carbonyl (C=O) groups is 1. The first-order valence-corrected chi connectivity index (χ1v) is 10.9. The summed E-state index contributed by atoms with van der Waals surface area (Å²) in [5.74, 6) is -0.301. The molecule has 2 aromatic carbocycles. The number of carbonyl (C=O) groups excluding carboxylic acids is 1. The Kier molecular flexibility index (Phi) is 6.65. The van der Waals surface area contributed by atoms with Crippen LogP contribution < -0.4 is 9.62 Å². The molecular weight excluding hydrogens is 360 g/mol. The molecule has 0 unspecified atom stereocenters. The van der Waals surface area contributed by atoms with E-state index in [1.54, 1.807) is 0 Å². The third-order valence-electron chi connectivity index (χ3n) is 4.48. The summed E-state index contributed by atoms with van der Waals surface area (Å²) in [6, 6.07) is 12.7. The lowest BCUT2D eigenvalue weighted by Gasteiger charge is -2.31. The lowest BCUT2D eigenvalue weighted by molar-refractivity contribution is -0.122. The van der Waals surface area contributed by atoms with Crippen LogP contribution in [0.5, 0.6) is 0 Å². The summed E-state index contributed by atoms with van der Waals surface area (Å²) in [6.07, 6.45) is 1.52. The van der Waals surface area contributed by atoms with E-state index in [4.69, 9.17) is 0 Å². The quantitative estimate of drug-likeness (QED) is 0.790. The molecule has 0 spiro atoms. The molecule has 0 radical (unpaired) electrons. The van der Waals surface area contributed by atoms with Gasteiger partial charge in [0.15, 0.2) is 0 Å². The molecule has 27 heavy (non-hydrogen) atoms. The van der Waals surface area contributed by atoms with Crippen molar-refractivity contribution in [1.29, 1.82) is 0 Å². The predicted molar refractivity (Wildman–Crippen MR) is 110 cm³/mol. The second-order valence-electron chi connectivity index (χ2n) is 6.98. The standard InChI is InChI=1S/C21H28N2O3S/c1-6-19(21(24)22-14-18-9-7-8-15(2)12-18)23(27(5,25)26)20-13-16(3)10-11-17(20)4/h7-13,19H,6,14H2,1-5H3,(H,22,24)/t19-/m1/s1. The number of anilines is 1. The number of rotatable bonds is 7. The van der Waals surface area contributed by atoms with E-state index in [0.29, 0.717) is 18.7 Å². The Morgan fingerprint density at radius 3 is 2.33 bits per heavy atom. The number of hydrogen-bond acceptors (Lipinski definition) is 3. The van der Waals surface area contributed by atoms with Crippen molar-refractivity contribution in [3.63, 3.8) is 0 Å². The largest absolute Gasteiger partial charge is 0.350 e. The van der Waals surface area contributed by atoms with Crippen molar-refractivity contribution in [3.8, 4) is 0 Å². The Balaban J connectivity index is 2.32. The van der Waals surface area contributed by atoms with Crippen LogP contribution in [0.25, 0.3) is 0 Å². The van der Waals surface area contributed by atoms with Crippen molar-refractivity contribution in [3.05, 3.63) is 64.7 Å². The van der Waals surface area contributed by atoms with Gasteiger partial charge < -0.3 is 5.32 Å². The van der Waals surface area contributed by atoms with Gasteiger partial charge in [0, 0.05) is 6.54 Å². The van der Waals surface area contributed by atoms with Gasteiger partial charge in [-0.15, -0.1) is 0 Å².